The van der Waals surface area contributed by atoms with Crippen LogP contribution in [0.25, 0.3) is 0 Å². The number of nitrogens with one attached hydrogen (secondary N) is 1. The molecule has 0 aliphatic heterocycles. The third-order valence-corrected chi connectivity index (χ3v) is 5.81. The van der Waals surface area contributed by atoms with Gasteiger partial charge in [-0.25, -0.2) is 0 Å². The van der Waals surface area contributed by atoms with Gasteiger partial charge in [0.1, 0.15) is 0 Å². The second-order valence-corrected chi connectivity index (χ2v) is 8.37. The zero-order valence-electron chi connectivity index (χ0n) is 13.6. The minimum Gasteiger partial charge on any atom is -0.314 e. The van der Waals surface area contributed by atoms with Crippen molar-refractivity contribution in [1.29, 1.82) is 0 Å². The molecule has 2 saturated carbocycles. The molecule has 2 aliphatic carbocycles. The van der Waals surface area contributed by atoms with Crippen molar-refractivity contribution >= 4 is 11.6 Å². The summed E-state index contributed by atoms with van der Waals surface area (Å²) in [6.45, 7) is 8.10. The van der Waals surface area contributed by atoms with Gasteiger partial charge in [-0.1, -0.05) is 37.6 Å². The summed E-state index contributed by atoms with van der Waals surface area (Å²) in [6, 6.07) is 7.51. The third kappa shape index (κ3) is 3.81. The molecule has 2 atom stereocenters. The highest BCUT2D eigenvalue weighted by Crippen LogP contribution is 2.47. The Labute approximate surface area is 134 Å². The first kappa shape index (κ1) is 15.4. The van der Waals surface area contributed by atoms with Gasteiger partial charge < -0.3 is 5.32 Å². The lowest BCUT2D eigenvalue weighted by atomic mass is 9.65. The van der Waals surface area contributed by atoms with Gasteiger partial charge in [0.15, 0.2) is 0 Å². The zero-order chi connectivity index (χ0) is 15.0. The standard InChI is InChI=1S/C19H28ClN/c1-13-4-5-14(10-18(13)20)17-11-19(2,3)9-8-15(17)12-21-16-6-7-16/h4-5,10,15-17,21H,6-9,11-12H2,1-3H3. The molecule has 2 aliphatic rings. The zero-order valence-corrected chi connectivity index (χ0v) is 14.3. The van der Waals surface area contributed by atoms with Gasteiger partial charge in [-0.05, 0) is 80.0 Å². The number of halogens is 1. The first-order valence-electron chi connectivity index (χ1n) is 8.44. The van der Waals surface area contributed by atoms with Gasteiger partial charge in [0.05, 0.1) is 0 Å². The molecule has 0 radical (unpaired) electrons. The van der Waals surface area contributed by atoms with Crippen LogP contribution in [0.2, 0.25) is 5.02 Å². The second kappa shape index (κ2) is 5.93. The molecule has 2 fully saturated rings. The Morgan fingerprint density at radius 1 is 1.24 bits per heavy atom. The Morgan fingerprint density at radius 3 is 2.67 bits per heavy atom. The Balaban J connectivity index is 1.79. The Bertz CT molecular complexity index is 502. The predicted octanol–water partition coefficient (Wildman–Crippen LogP) is 5.31. The van der Waals surface area contributed by atoms with Crippen molar-refractivity contribution < 1.29 is 0 Å². The molecule has 0 bridgehead atoms. The van der Waals surface area contributed by atoms with Crippen LogP contribution in [-0.2, 0) is 0 Å². The lowest BCUT2D eigenvalue weighted by Gasteiger charge is -2.41. The van der Waals surface area contributed by atoms with E-state index in [1.165, 1.54) is 49.8 Å². The van der Waals surface area contributed by atoms with Crippen LogP contribution in [0.3, 0.4) is 0 Å². The molecule has 1 aromatic rings. The van der Waals surface area contributed by atoms with Crippen LogP contribution < -0.4 is 5.32 Å². The summed E-state index contributed by atoms with van der Waals surface area (Å²) in [7, 11) is 0. The highest BCUT2D eigenvalue weighted by Gasteiger charge is 2.36. The van der Waals surface area contributed by atoms with Crippen LogP contribution in [0.5, 0.6) is 0 Å². The van der Waals surface area contributed by atoms with Crippen LogP contribution in [0.1, 0.15) is 63.0 Å². The van der Waals surface area contributed by atoms with Crippen molar-refractivity contribution in [1.82, 2.24) is 5.32 Å². The quantitative estimate of drug-likeness (QED) is 0.795. The minimum atomic E-state index is 0.456. The molecular weight excluding hydrogens is 278 g/mol. The summed E-state index contributed by atoms with van der Waals surface area (Å²) in [4.78, 5) is 0. The van der Waals surface area contributed by atoms with E-state index in [-0.39, 0.29) is 0 Å². The monoisotopic (exact) mass is 305 g/mol. The molecule has 116 valence electrons. The van der Waals surface area contributed by atoms with E-state index in [2.05, 4.69) is 44.3 Å². The summed E-state index contributed by atoms with van der Waals surface area (Å²) < 4.78 is 0. The lowest BCUT2D eigenvalue weighted by molar-refractivity contribution is 0.159. The van der Waals surface area contributed by atoms with Gasteiger partial charge in [0.2, 0.25) is 0 Å². The van der Waals surface area contributed by atoms with Crippen molar-refractivity contribution in [3.05, 3.63) is 34.3 Å². The predicted molar refractivity (Wildman–Crippen MR) is 91.1 cm³/mol. The van der Waals surface area contributed by atoms with Crippen molar-refractivity contribution in [2.24, 2.45) is 11.3 Å². The number of hydrogen-bond acceptors (Lipinski definition) is 1. The molecule has 2 unspecified atom stereocenters. The van der Waals surface area contributed by atoms with Crippen molar-refractivity contribution in [2.75, 3.05) is 6.54 Å². The van der Waals surface area contributed by atoms with E-state index in [1.54, 1.807) is 0 Å². The number of aryl methyl sites for hydroxylation is 1. The van der Waals surface area contributed by atoms with E-state index in [0.717, 1.165) is 17.0 Å². The molecule has 21 heavy (non-hydrogen) atoms. The van der Waals surface area contributed by atoms with Crippen LogP contribution in [0, 0.1) is 18.3 Å². The van der Waals surface area contributed by atoms with E-state index < -0.39 is 0 Å². The maximum absolute atomic E-state index is 6.37. The molecule has 1 aromatic carbocycles. The van der Waals surface area contributed by atoms with Crippen molar-refractivity contribution in [2.45, 2.75) is 64.8 Å². The Morgan fingerprint density at radius 2 is 2.00 bits per heavy atom. The maximum Gasteiger partial charge on any atom is 0.0438 e. The van der Waals surface area contributed by atoms with Gasteiger partial charge in [-0.15, -0.1) is 0 Å². The fraction of sp³-hybridized carbons (Fsp3) is 0.684. The fourth-order valence-corrected chi connectivity index (χ4v) is 3.91. The molecule has 0 spiro atoms. The summed E-state index contributed by atoms with van der Waals surface area (Å²) in [5, 5.41) is 4.67. The van der Waals surface area contributed by atoms with E-state index in [1.807, 2.05) is 0 Å². The SMILES string of the molecule is Cc1ccc(C2CC(C)(C)CCC2CNC2CC2)cc1Cl. The number of hydrogen-bond donors (Lipinski definition) is 1. The van der Waals surface area contributed by atoms with E-state index >= 15 is 0 Å². The largest absolute Gasteiger partial charge is 0.314 e. The maximum atomic E-state index is 6.37. The van der Waals surface area contributed by atoms with Crippen LogP contribution >= 0.6 is 11.6 Å². The summed E-state index contributed by atoms with van der Waals surface area (Å²) in [6.07, 6.45) is 6.71. The minimum absolute atomic E-state index is 0.456. The fourth-order valence-electron chi connectivity index (χ4n) is 3.72. The lowest BCUT2D eigenvalue weighted by Crippen LogP contribution is -2.35. The van der Waals surface area contributed by atoms with Gasteiger partial charge in [0.25, 0.3) is 0 Å². The molecule has 0 amide bonds. The normalized spacial score (nSPS) is 28.6. The van der Waals surface area contributed by atoms with E-state index in [0.29, 0.717) is 11.3 Å². The highest BCUT2D eigenvalue weighted by atomic mass is 35.5. The van der Waals surface area contributed by atoms with Crippen molar-refractivity contribution in [3.8, 4) is 0 Å². The Kier molecular flexibility index (Phi) is 4.34. The van der Waals surface area contributed by atoms with Gasteiger partial charge in [-0.2, -0.15) is 0 Å². The first-order chi connectivity index (χ1) is 9.94. The average molecular weight is 306 g/mol. The van der Waals surface area contributed by atoms with Gasteiger partial charge >= 0.3 is 0 Å². The van der Waals surface area contributed by atoms with E-state index in [4.69, 9.17) is 11.6 Å². The van der Waals surface area contributed by atoms with E-state index in [9.17, 15) is 0 Å². The molecule has 0 saturated heterocycles. The molecule has 3 rings (SSSR count). The van der Waals surface area contributed by atoms with Crippen LogP contribution in [0.15, 0.2) is 18.2 Å². The smallest absolute Gasteiger partial charge is 0.0438 e. The second-order valence-electron chi connectivity index (χ2n) is 7.96. The molecular formula is C19H28ClN. The molecule has 0 heterocycles. The number of benzene rings is 1. The van der Waals surface area contributed by atoms with Crippen LogP contribution in [-0.4, -0.2) is 12.6 Å². The molecule has 0 aromatic heterocycles. The summed E-state index contributed by atoms with van der Waals surface area (Å²) in [5.74, 6) is 1.41. The summed E-state index contributed by atoms with van der Waals surface area (Å²) in [5.41, 5.74) is 3.09. The third-order valence-electron chi connectivity index (χ3n) is 5.40. The average Bonchev–Trinajstić information content (AvgIpc) is 3.24. The van der Waals surface area contributed by atoms with Crippen LogP contribution in [0.4, 0.5) is 0 Å². The molecule has 1 N–H and O–H groups in total. The van der Waals surface area contributed by atoms with Gasteiger partial charge in [-0.3, -0.25) is 0 Å². The number of rotatable bonds is 4. The first-order valence-corrected chi connectivity index (χ1v) is 8.82. The highest BCUT2D eigenvalue weighted by molar-refractivity contribution is 6.31. The molecule has 2 heteroatoms. The topological polar surface area (TPSA) is 12.0 Å². The molecule has 1 nitrogen and oxygen atoms in total. The van der Waals surface area contributed by atoms with Gasteiger partial charge in [0, 0.05) is 11.1 Å². The van der Waals surface area contributed by atoms with Crippen molar-refractivity contribution in [3.63, 3.8) is 0 Å². The summed E-state index contributed by atoms with van der Waals surface area (Å²) >= 11 is 6.37. The Hall–Kier alpha value is -0.530.